The molecule has 6 nitrogen and oxygen atoms in total. The Morgan fingerprint density at radius 1 is 1.11 bits per heavy atom. The lowest BCUT2D eigenvalue weighted by Crippen LogP contribution is -2.14. The number of hydrogen-bond acceptors (Lipinski definition) is 5. The molecule has 0 aliphatic rings. The number of aromatic nitrogens is 4. The molecule has 4 aromatic rings. The Hall–Kier alpha value is -3.49. The Balaban J connectivity index is 1.82. The number of aromatic amines is 1. The molecule has 0 bridgehead atoms. The number of hydrogen-bond donors (Lipinski definition) is 1. The quantitative estimate of drug-likeness (QED) is 0.594. The van der Waals surface area contributed by atoms with E-state index in [1.54, 1.807) is 18.3 Å². The van der Waals surface area contributed by atoms with Gasteiger partial charge in [0.05, 0.1) is 5.52 Å². The smallest absolute Gasteiger partial charge is 0.329 e. The van der Waals surface area contributed by atoms with Crippen molar-refractivity contribution in [2.75, 3.05) is 0 Å². The lowest BCUT2D eigenvalue weighted by molar-refractivity contribution is -0.159. The molecule has 0 aliphatic carbocycles. The third-order valence-corrected chi connectivity index (χ3v) is 4.08. The van der Waals surface area contributed by atoms with Gasteiger partial charge in [-0.1, -0.05) is 23.4 Å². The van der Waals surface area contributed by atoms with Crippen LogP contribution in [0.5, 0.6) is 0 Å². The van der Waals surface area contributed by atoms with Crippen LogP contribution in [-0.4, -0.2) is 20.1 Å². The third kappa shape index (κ3) is 3.19. The maximum absolute atomic E-state index is 12.7. The van der Waals surface area contributed by atoms with Crippen molar-refractivity contribution in [2.24, 2.45) is 0 Å². The Labute approximate surface area is 149 Å². The highest BCUT2D eigenvalue weighted by Gasteiger charge is 2.38. The fraction of sp³-hybridized carbons (Fsp3) is 0.111. The fourth-order valence-corrected chi connectivity index (χ4v) is 2.86. The number of benzene rings is 1. The number of halogens is 3. The Morgan fingerprint density at radius 3 is 2.74 bits per heavy atom. The number of alkyl halides is 3. The maximum atomic E-state index is 12.7. The highest BCUT2D eigenvalue weighted by atomic mass is 19.4. The van der Waals surface area contributed by atoms with Crippen molar-refractivity contribution in [2.45, 2.75) is 12.6 Å². The summed E-state index contributed by atoms with van der Waals surface area (Å²) in [5.41, 5.74) is 1.54. The van der Waals surface area contributed by atoms with E-state index in [9.17, 15) is 18.0 Å². The topological polar surface area (TPSA) is 84.7 Å². The number of fused-ring (bicyclic) bond motifs is 1. The number of H-pyrrole nitrogens is 1. The van der Waals surface area contributed by atoms with Gasteiger partial charge < -0.3 is 9.51 Å². The SMILES string of the molecule is O=c1[nH]ccc(-c2noc(C(F)(F)F)n2)c1Cc1cccc2ncccc12. The normalized spacial score (nSPS) is 11.8. The van der Waals surface area contributed by atoms with E-state index in [0.29, 0.717) is 0 Å². The van der Waals surface area contributed by atoms with Gasteiger partial charge in [-0.25, -0.2) is 0 Å². The van der Waals surface area contributed by atoms with Crippen molar-refractivity contribution in [1.29, 1.82) is 0 Å². The van der Waals surface area contributed by atoms with E-state index in [2.05, 4.69) is 24.6 Å². The van der Waals surface area contributed by atoms with Gasteiger partial charge in [-0.3, -0.25) is 9.78 Å². The molecule has 0 unspecified atom stereocenters. The second-order valence-corrected chi connectivity index (χ2v) is 5.78. The lowest BCUT2D eigenvalue weighted by atomic mass is 9.98. The van der Waals surface area contributed by atoms with Crippen LogP contribution in [0.15, 0.2) is 58.1 Å². The lowest BCUT2D eigenvalue weighted by Gasteiger charge is -2.08. The van der Waals surface area contributed by atoms with E-state index in [1.807, 2.05) is 18.2 Å². The molecule has 27 heavy (non-hydrogen) atoms. The van der Waals surface area contributed by atoms with Crippen LogP contribution in [0.2, 0.25) is 0 Å². The highest BCUT2D eigenvalue weighted by Crippen LogP contribution is 2.30. The van der Waals surface area contributed by atoms with Gasteiger partial charge in [-0.05, 0) is 23.8 Å². The van der Waals surface area contributed by atoms with Gasteiger partial charge >= 0.3 is 12.1 Å². The molecule has 0 atom stereocenters. The first-order valence-electron chi connectivity index (χ1n) is 7.88. The summed E-state index contributed by atoms with van der Waals surface area (Å²) in [6.07, 6.45) is -1.60. The van der Waals surface area contributed by atoms with E-state index in [0.717, 1.165) is 16.5 Å². The molecule has 0 spiro atoms. The predicted molar refractivity (Wildman–Crippen MR) is 89.9 cm³/mol. The Kier molecular flexibility index (Phi) is 3.98. The molecule has 0 fully saturated rings. The predicted octanol–water partition coefficient (Wildman–Crippen LogP) is 3.58. The summed E-state index contributed by atoms with van der Waals surface area (Å²) in [7, 11) is 0. The molecule has 3 heterocycles. The van der Waals surface area contributed by atoms with Crippen LogP contribution in [0.3, 0.4) is 0 Å². The van der Waals surface area contributed by atoms with Crippen molar-refractivity contribution >= 4 is 10.9 Å². The molecule has 1 aromatic carbocycles. The Bertz CT molecular complexity index is 1180. The van der Waals surface area contributed by atoms with Crippen LogP contribution in [-0.2, 0) is 12.6 Å². The van der Waals surface area contributed by atoms with Gasteiger partial charge in [-0.15, -0.1) is 0 Å². The molecule has 0 amide bonds. The average Bonchev–Trinajstić information content (AvgIpc) is 3.14. The Morgan fingerprint density at radius 2 is 1.96 bits per heavy atom. The van der Waals surface area contributed by atoms with Gasteiger partial charge in [0.15, 0.2) is 0 Å². The van der Waals surface area contributed by atoms with Crippen LogP contribution >= 0.6 is 0 Å². The van der Waals surface area contributed by atoms with Gasteiger partial charge in [0.1, 0.15) is 0 Å². The summed E-state index contributed by atoms with van der Waals surface area (Å²) in [5, 5.41) is 4.23. The average molecular weight is 372 g/mol. The van der Waals surface area contributed by atoms with Crippen LogP contribution in [0.25, 0.3) is 22.3 Å². The molecule has 0 saturated heterocycles. The molecule has 0 radical (unpaired) electrons. The number of nitrogens with zero attached hydrogens (tertiary/aromatic N) is 3. The molecule has 1 N–H and O–H groups in total. The van der Waals surface area contributed by atoms with Crippen molar-refractivity contribution in [3.63, 3.8) is 0 Å². The largest absolute Gasteiger partial charge is 0.471 e. The third-order valence-electron chi connectivity index (χ3n) is 4.08. The van der Waals surface area contributed by atoms with E-state index >= 15 is 0 Å². The van der Waals surface area contributed by atoms with Gasteiger partial charge in [0.2, 0.25) is 5.82 Å². The van der Waals surface area contributed by atoms with E-state index in [1.165, 1.54) is 12.3 Å². The summed E-state index contributed by atoms with van der Waals surface area (Å²) in [6.45, 7) is 0. The minimum Gasteiger partial charge on any atom is -0.329 e. The van der Waals surface area contributed by atoms with E-state index in [4.69, 9.17) is 0 Å². The van der Waals surface area contributed by atoms with Crippen LogP contribution < -0.4 is 5.56 Å². The molecule has 136 valence electrons. The number of pyridine rings is 2. The minimum atomic E-state index is -4.76. The molecule has 9 heteroatoms. The van der Waals surface area contributed by atoms with Gasteiger partial charge in [0, 0.05) is 35.3 Å². The van der Waals surface area contributed by atoms with E-state index in [-0.39, 0.29) is 23.4 Å². The molecular weight excluding hydrogens is 361 g/mol. The van der Waals surface area contributed by atoms with Gasteiger partial charge in [-0.2, -0.15) is 18.2 Å². The maximum Gasteiger partial charge on any atom is 0.471 e. The molecule has 4 rings (SSSR count). The van der Waals surface area contributed by atoms with Gasteiger partial charge in [0.25, 0.3) is 5.56 Å². The van der Waals surface area contributed by atoms with Crippen LogP contribution in [0, 0.1) is 0 Å². The summed E-state index contributed by atoms with van der Waals surface area (Å²) in [5.74, 6) is -1.75. The second-order valence-electron chi connectivity index (χ2n) is 5.78. The summed E-state index contributed by atoms with van der Waals surface area (Å²) < 4.78 is 42.5. The molecule has 0 saturated carbocycles. The van der Waals surface area contributed by atoms with Crippen molar-refractivity contribution < 1.29 is 17.7 Å². The fourth-order valence-electron chi connectivity index (χ4n) is 2.86. The van der Waals surface area contributed by atoms with Crippen molar-refractivity contribution in [3.8, 4) is 11.4 Å². The first kappa shape index (κ1) is 17.0. The first-order valence-corrected chi connectivity index (χ1v) is 7.88. The number of nitrogens with one attached hydrogen (secondary N) is 1. The second kappa shape index (κ2) is 6.35. The summed E-state index contributed by atoms with van der Waals surface area (Å²) >= 11 is 0. The first-order chi connectivity index (χ1) is 12.9. The van der Waals surface area contributed by atoms with E-state index < -0.39 is 17.6 Å². The summed E-state index contributed by atoms with van der Waals surface area (Å²) in [4.78, 5) is 22.6. The molecule has 0 aliphatic heterocycles. The zero-order valence-electron chi connectivity index (χ0n) is 13.6. The summed E-state index contributed by atoms with van der Waals surface area (Å²) in [6, 6.07) is 10.6. The monoisotopic (exact) mass is 372 g/mol. The van der Waals surface area contributed by atoms with Crippen molar-refractivity contribution in [1.82, 2.24) is 20.1 Å². The molecule has 3 aromatic heterocycles. The van der Waals surface area contributed by atoms with Crippen LogP contribution in [0.1, 0.15) is 17.0 Å². The minimum absolute atomic E-state index is 0.171. The highest BCUT2D eigenvalue weighted by molar-refractivity contribution is 5.82. The standard InChI is InChI=1S/C18H11F3N4O2/c19-18(20,21)17-24-15(25-27-17)12-6-8-23-16(26)13(12)9-10-3-1-5-14-11(10)4-2-7-22-14/h1-8H,9H2,(H,23,26). The zero-order valence-corrected chi connectivity index (χ0v) is 13.6. The van der Waals surface area contributed by atoms with Crippen LogP contribution in [0.4, 0.5) is 13.2 Å². The van der Waals surface area contributed by atoms with Crippen molar-refractivity contribution in [3.05, 3.63) is 76.2 Å². The number of rotatable bonds is 3. The zero-order chi connectivity index (χ0) is 19.0. The molecular formula is C18H11F3N4O2.